The Kier molecular flexibility index (Phi) is 5.16. The molecule has 1 aromatic carbocycles. The molecule has 1 unspecified atom stereocenters. The number of cyclic esters (lactones) is 1. The highest BCUT2D eigenvalue weighted by molar-refractivity contribution is 5.90. The Morgan fingerprint density at radius 3 is 2.90 bits per heavy atom. The SMILES string of the molecule is NC(=O)C(CO)Nc1ccc2c(c1)OCCn1cc(N3C(=O)OC[C@H]3C(F)F)nc1-2. The smallest absolute Gasteiger partial charge is 0.416 e. The molecule has 0 radical (unpaired) electrons. The van der Waals surface area contributed by atoms with E-state index in [4.69, 9.17) is 15.2 Å². The first-order valence-electron chi connectivity index (χ1n) is 9.14. The first kappa shape index (κ1) is 19.9. The molecular formula is C18H19F2N5O5. The summed E-state index contributed by atoms with van der Waals surface area (Å²) >= 11 is 0. The molecule has 10 nitrogen and oxygen atoms in total. The van der Waals surface area contributed by atoms with Crippen LogP contribution in [0.1, 0.15) is 0 Å². The number of anilines is 2. The number of aromatic nitrogens is 2. The summed E-state index contributed by atoms with van der Waals surface area (Å²) in [5, 5.41) is 12.1. The lowest BCUT2D eigenvalue weighted by molar-refractivity contribution is -0.119. The van der Waals surface area contributed by atoms with Gasteiger partial charge in [0, 0.05) is 18.0 Å². The highest BCUT2D eigenvalue weighted by atomic mass is 19.3. The lowest BCUT2D eigenvalue weighted by Gasteiger charge is -2.18. The largest absolute Gasteiger partial charge is 0.491 e. The van der Waals surface area contributed by atoms with E-state index in [0.717, 1.165) is 4.90 Å². The van der Waals surface area contributed by atoms with Gasteiger partial charge < -0.3 is 30.2 Å². The molecule has 1 saturated heterocycles. The summed E-state index contributed by atoms with van der Waals surface area (Å²) in [7, 11) is 0. The number of hydrogen-bond acceptors (Lipinski definition) is 7. The monoisotopic (exact) mass is 423 g/mol. The number of nitrogens with two attached hydrogens (primary N) is 1. The molecule has 1 aromatic heterocycles. The van der Waals surface area contributed by atoms with Gasteiger partial charge in [0.25, 0.3) is 6.43 Å². The molecule has 0 bridgehead atoms. The molecule has 2 aromatic rings. The van der Waals surface area contributed by atoms with E-state index in [2.05, 4.69) is 10.3 Å². The summed E-state index contributed by atoms with van der Waals surface area (Å²) in [6.07, 6.45) is -2.13. The van der Waals surface area contributed by atoms with Crippen LogP contribution in [0.25, 0.3) is 11.4 Å². The van der Waals surface area contributed by atoms with Crippen molar-refractivity contribution in [1.29, 1.82) is 0 Å². The maximum Gasteiger partial charge on any atom is 0.416 e. The molecule has 2 aliphatic rings. The number of fused-ring (bicyclic) bond motifs is 3. The van der Waals surface area contributed by atoms with Crippen molar-refractivity contribution in [1.82, 2.24) is 9.55 Å². The summed E-state index contributed by atoms with van der Waals surface area (Å²) in [6, 6.07) is 2.58. The Balaban J connectivity index is 1.67. The number of carbonyl (C=O) groups is 2. The van der Waals surface area contributed by atoms with E-state index in [9.17, 15) is 23.5 Å². The fraction of sp³-hybridized carbons (Fsp3) is 0.389. The van der Waals surface area contributed by atoms with Crippen molar-refractivity contribution in [2.45, 2.75) is 25.1 Å². The molecule has 160 valence electrons. The number of hydrogen-bond donors (Lipinski definition) is 3. The number of alkyl halides is 2. The number of ether oxygens (including phenoxy) is 2. The second kappa shape index (κ2) is 7.78. The zero-order valence-electron chi connectivity index (χ0n) is 15.6. The number of halogens is 2. The average molecular weight is 423 g/mol. The Labute approximate surface area is 169 Å². The third-order valence-corrected chi connectivity index (χ3v) is 4.89. The van der Waals surface area contributed by atoms with Gasteiger partial charge in [-0.05, 0) is 12.1 Å². The van der Waals surface area contributed by atoms with Gasteiger partial charge in [-0.3, -0.25) is 4.79 Å². The van der Waals surface area contributed by atoms with Gasteiger partial charge in [0.1, 0.15) is 36.9 Å². The first-order chi connectivity index (χ1) is 14.4. The van der Waals surface area contributed by atoms with Crippen molar-refractivity contribution in [3.63, 3.8) is 0 Å². The maximum absolute atomic E-state index is 13.3. The topological polar surface area (TPSA) is 132 Å². The minimum absolute atomic E-state index is 0.0712. The van der Waals surface area contributed by atoms with Crippen LogP contribution in [-0.2, 0) is 16.1 Å². The number of aliphatic hydroxyl groups excluding tert-OH is 1. The zero-order chi connectivity index (χ0) is 21.4. The summed E-state index contributed by atoms with van der Waals surface area (Å²) < 4.78 is 38.8. The molecule has 1 fully saturated rings. The summed E-state index contributed by atoms with van der Waals surface area (Å²) in [5.41, 5.74) is 6.29. The number of nitrogens with one attached hydrogen (secondary N) is 1. The molecule has 0 aliphatic carbocycles. The average Bonchev–Trinajstić information content (AvgIpc) is 3.25. The minimum atomic E-state index is -2.77. The van der Waals surface area contributed by atoms with E-state index in [1.807, 2.05) is 0 Å². The Hall–Kier alpha value is -3.41. The van der Waals surface area contributed by atoms with Crippen molar-refractivity contribution in [2.75, 3.05) is 30.0 Å². The third-order valence-electron chi connectivity index (χ3n) is 4.89. The van der Waals surface area contributed by atoms with Crippen LogP contribution in [0.2, 0.25) is 0 Å². The molecule has 12 heteroatoms. The van der Waals surface area contributed by atoms with E-state index >= 15 is 0 Å². The molecule has 2 aliphatic heterocycles. The number of primary amides is 1. The van der Waals surface area contributed by atoms with Gasteiger partial charge in [-0.1, -0.05) is 0 Å². The Bertz CT molecular complexity index is 982. The van der Waals surface area contributed by atoms with Crippen molar-refractivity contribution in [3.05, 3.63) is 24.4 Å². The molecule has 3 heterocycles. The second-order valence-electron chi connectivity index (χ2n) is 6.81. The Morgan fingerprint density at radius 2 is 2.20 bits per heavy atom. The van der Waals surface area contributed by atoms with Gasteiger partial charge in [0.05, 0.1) is 18.7 Å². The Morgan fingerprint density at radius 1 is 1.40 bits per heavy atom. The van der Waals surface area contributed by atoms with Gasteiger partial charge in [-0.2, -0.15) is 0 Å². The van der Waals surface area contributed by atoms with Gasteiger partial charge >= 0.3 is 6.09 Å². The van der Waals surface area contributed by atoms with Crippen molar-refractivity contribution in [3.8, 4) is 17.1 Å². The lowest BCUT2D eigenvalue weighted by atomic mass is 10.1. The van der Waals surface area contributed by atoms with E-state index < -0.39 is 43.7 Å². The summed E-state index contributed by atoms with van der Waals surface area (Å²) in [4.78, 5) is 28.6. The fourth-order valence-electron chi connectivity index (χ4n) is 3.37. The fourth-order valence-corrected chi connectivity index (χ4v) is 3.37. The van der Waals surface area contributed by atoms with E-state index in [1.165, 1.54) is 6.20 Å². The number of aliphatic hydroxyl groups is 1. The minimum Gasteiger partial charge on any atom is -0.491 e. The quantitative estimate of drug-likeness (QED) is 0.626. The molecule has 0 spiro atoms. The predicted octanol–water partition coefficient (Wildman–Crippen LogP) is 0.791. The standard InChI is InChI=1S/C18H19F2N5O5/c19-15(20)12-8-30-18(28)25(12)14-6-24-3-4-29-13-5-9(22-11(7-26)16(21)27)1-2-10(13)17(24)23-14/h1-2,5-6,11-12,15,22,26H,3-4,7-8H2,(H2,21,27)/t11?,12-/m0/s1. The van der Waals surface area contributed by atoms with Crippen LogP contribution in [0.3, 0.4) is 0 Å². The molecule has 0 saturated carbocycles. The number of carbonyl (C=O) groups excluding carboxylic acids is 2. The van der Waals surface area contributed by atoms with Gasteiger partial charge in [0.15, 0.2) is 5.82 Å². The van der Waals surface area contributed by atoms with E-state index in [-0.39, 0.29) is 12.4 Å². The third kappa shape index (κ3) is 3.49. The van der Waals surface area contributed by atoms with Crippen LogP contribution < -0.4 is 20.7 Å². The van der Waals surface area contributed by atoms with Crippen LogP contribution in [0.15, 0.2) is 24.4 Å². The lowest BCUT2D eigenvalue weighted by Crippen LogP contribution is -2.38. The number of imidazole rings is 1. The van der Waals surface area contributed by atoms with Crippen molar-refractivity contribution >= 4 is 23.5 Å². The summed E-state index contributed by atoms with van der Waals surface area (Å²) in [6.45, 7) is -0.235. The van der Waals surface area contributed by atoms with E-state index in [0.29, 0.717) is 29.4 Å². The van der Waals surface area contributed by atoms with Crippen molar-refractivity contribution in [2.24, 2.45) is 5.73 Å². The van der Waals surface area contributed by atoms with Crippen LogP contribution in [-0.4, -0.2) is 65.0 Å². The normalized spacial score (nSPS) is 18.9. The number of amides is 2. The first-order valence-corrected chi connectivity index (χ1v) is 9.14. The highest BCUT2D eigenvalue weighted by Gasteiger charge is 2.42. The predicted molar refractivity (Wildman–Crippen MR) is 100 cm³/mol. The number of rotatable bonds is 6. The van der Waals surface area contributed by atoms with E-state index in [1.54, 1.807) is 22.8 Å². The number of benzene rings is 1. The van der Waals surface area contributed by atoms with Gasteiger partial charge in [-0.15, -0.1) is 0 Å². The molecule has 4 N–H and O–H groups in total. The maximum atomic E-state index is 13.3. The second-order valence-corrected chi connectivity index (χ2v) is 6.81. The van der Waals surface area contributed by atoms with Crippen LogP contribution in [0.5, 0.6) is 5.75 Å². The molecule has 2 amide bonds. The molecule has 2 atom stereocenters. The zero-order valence-corrected chi connectivity index (χ0v) is 15.6. The van der Waals surface area contributed by atoms with Gasteiger partial charge in [0.2, 0.25) is 5.91 Å². The van der Waals surface area contributed by atoms with Gasteiger partial charge in [-0.25, -0.2) is 23.5 Å². The number of nitrogens with zero attached hydrogens (tertiary/aromatic N) is 3. The summed E-state index contributed by atoms with van der Waals surface area (Å²) in [5.74, 6) is 0.235. The van der Waals surface area contributed by atoms with Crippen molar-refractivity contribution < 1.29 is 33.0 Å². The molecule has 30 heavy (non-hydrogen) atoms. The molecule has 4 rings (SSSR count). The van der Waals surface area contributed by atoms with Crippen LogP contribution in [0.4, 0.5) is 25.1 Å². The highest BCUT2D eigenvalue weighted by Crippen LogP contribution is 2.36. The van der Waals surface area contributed by atoms with Crippen LogP contribution >= 0.6 is 0 Å². The molecular weight excluding hydrogens is 404 g/mol. The van der Waals surface area contributed by atoms with Crippen LogP contribution in [0, 0.1) is 0 Å².